The summed E-state index contributed by atoms with van der Waals surface area (Å²) >= 11 is 0. The molecule has 15 heavy (non-hydrogen) atoms. The summed E-state index contributed by atoms with van der Waals surface area (Å²) in [5, 5.41) is 3.52. The number of hydrogen-bond acceptors (Lipinski definition) is 2. The Labute approximate surface area is 91.6 Å². The first-order valence-corrected chi connectivity index (χ1v) is 5.50. The van der Waals surface area contributed by atoms with Gasteiger partial charge in [-0.2, -0.15) is 0 Å². The van der Waals surface area contributed by atoms with Gasteiger partial charge in [-0.05, 0) is 11.0 Å². The van der Waals surface area contributed by atoms with E-state index in [1.165, 1.54) is 5.56 Å². The van der Waals surface area contributed by atoms with Gasteiger partial charge in [0.25, 0.3) is 0 Å². The van der Waals surface area contributed by atoms with Crippen LogP contribution in [-0.2, 0) is 4.74 Å². The van der Waals surface area contributed by atoms with Gasteiger partial charge in [-0.3, -0.25) is 5.32 Å². The van der Waals surface area contributed by atoms with Gasteiger partial charge >= 0.3 is 0 Å². The van der Waals surface area contributed by atoms with Gasteiger partial charge < -0.3 is 4.74 Å². The van der Waals surface area contributed by atoms with Crippen molar-refractivity contribution in [3.8, 4) is 0 Å². The lowest BCUT2D eigenvalue weighted by Crippen LogP contribution is -2.37. The van der Waals surface area contributed by atoms with Gasteiger partial charge in [0.2, 0.25) is 0 Å². The van der Waals surface area contributed by atoms with Crippen molar-refractivity contribution >= 4 is 0 Å². The third-order valence-electron chi connectivity index (χ3n) is 2.93. The smallest absolute Gasteiger partial charge is 0.134 e. The molecule has 0 spiro atoms. The molecule has 82 valence electrons. The molecular weight excluding hydrogens is 186 g/mol. The Bertz CT molecular complexity index is 315. The molecule has 0 saturated carbocycles. The van der Waals surface area contributed by atoms with Crippen LogP contribution in [0.2, 0.25) is 0 Å². The zero-order valence-electron chi connectivity index (χ0n) is 9.66. The molecule has 1 saturated heterocycles. The average Bonchev–Trinajstić information content (AvgIpc) is 2.67. The van der Waals surface area contributed by atoms with Crippen molar-refractivity contribution in [3.05, 3.63) is 35.9 Å². The Morgan fingerprint density at radius 1 is 1.20 bits per heavy atom. The first-order chi connectivity index (χ1) is 7.07. The van der Waals surface area contributed by atoms with Crippen molar-refractivity contribution in [1.82, 2.24) is 5.32 Å². The van der Waals surface area contributed by atoms with Gasteiger partial charge in [0, 0.05) is 6.04 Å². The van der Waals surface area contributed by atoms with Crippen LogP contribution < -0.4 is 5.32 Å². The van der Waals surface area contributed by atoms with Gasteiger partial charge in [0.15, 0.2) is 0 Å². The Kier molecular flexibility index (Phi) is 2.81. The van der Waals surface area contributed by atoms with Crippen LogP contribution in [0.1, 0.15) is 32.6 Å². The van der Waals surface area contributed by atoms with E-state index in [0.717, 1.165) is 6.61 Å². The zero-order valence-corrected chi connectivity index (χ0v) is 9.66. The van der Waals surface area contributed by atoms with Crippen LogP contribution in [-0.4, -0.2) is 12.6 Å². The van der Waals surface area contributed by atoms with Crippen LogP contribution in [0.3, 0.4) is 0 Å². The van der Waals surface area contributed by atoms with Gasteiger partial charge in [0.05, 0.1) is 6.61 Å². The van der Waals surface area contributed by atoms with Crippen LogP contribution in [0.4, 0.5) is 0 Å². The molecule has 1 aromatic carbocycles. The number of ether oxygens (including phenoxy) is 1. The molecule has 0 radical (unpaired) electrons. The second kappa shape index (κ2) is 3.95. The standard InChI is InChI=1S/C13H19NO/c1-13(2,3)11-9-15-12(14-11)10-7-5-4-6-8-10/h4-8,11-12,14H,9H2,1-3H3/t11-,12+/m1/s1. The van der Waals surface area contributed by atoms with Crippen molar-refractivity contribution in [1.29, 1.82) is 0 Å². The number of benzene rings is 1. The molecule has 2 heteroatoms. The molecule has 1 aliphatic heterocycles. The normalized spacial score (nSPS) is 26.9. The minimum atomic E-state index is 0.0652. The molecular formula is C13H19NO. The van der Waals surface area contributed by atoms with Crippen molar-refractivity contribution in [2.75, 3.05) is 6.61 Å². The summed E-state index contributed by atoms with van der Waals surface area (Å²) in [7, 11) is 0. The number of rotatable bonds is 1. The van der Waals surface area contributed by atoms with Crippen LogP contribution in [0, 0.1) is 5.41 Å². The Morgan fingerprint density at radius 3 is 2.40 bits per heavy atom. The zero-order chi connectivity index (χ0) is 10.9. The van der Waals surface area contributed by atoms with Gasteiger partial charge in [-0.1, -0.05) is 51.1 Å². The fourth-order valence-electron chi connectivity index (χ4n) is 1.79. The van der Waals surface area contributed by atoms with E-state index < -0.39 is 0 Å². The van der Waals surface area contributed by atoms with Crippen molar-refractivity contribution < 1.29 is 4.74 Å². The second-order valence-electron chi connectivity index (χ2n) is 5.21. The first kappa shape index (κ1) is 10.7. The molecule has 1 N–H and O–H groups in total. The topological polar surface area (TPSA) is 21.3 Å². The lowest BCUT2D eigenvalue weighted by atomic mass is 9.88. The highest BCUT2D eigenvalue weighted by Gasteiger charge is 2.33. The summed E-state index contributed by atoms with van der Waals surface area (Å²) in [4.78, 5) is 0. The molecule has 0 amide bonds. The maximum absolute atomic E-state index is 5.77. The van der Waals surface area contributed by atoms with Crippen molar-refractivity contribution in [2.45, 2.75) is 33.0 Å². The lowest BCUT2D eigenvalue weighted by Gasteiger charge is -2.26. The minimum absolute atomic E-state index is 0.0652. The fraction of sp³-hybridized carbons (Fsp3) is 0.538. The van der Waals surface area contributed by atoms with E-state index in [4.69, 9.17) is 4.74 Å². The fourth-order valence-corrected chi connectivity index (χ4v) is 1.79. The molecule has 0 aliphatic carbocycles. The molecule has 2 rings (SSSR count). The van der Waals surface area contributed by atoms with Crippen molar-refractivity contribution in [3.63, 3.8) is 0 Å². The van der Waals surface area contributed by atoms with Gasteiger partial charge in [0.1, 0.15) is 6.23 Å². The minimum Gasteiger partial charge on any atom is -0.357 e. The molecule has 1 aliphatic rings. The van der Waals surface area contributed by atoms with Crippen LogP contribution in [0.15, 0.2) is 30.3 Å². The highest BCUT2D eigenvalue weighted by molar-refractivity contribution is 5.18. The molecule has 2 nitrogen and oxygen atoms in total. The average molecular weight is 205 g/mol. The number of hydrogen-bond donors (Lipinski definition) is 1. The largest absolute Gasteiger partial charge is 0.357 e. The Morgan fingerprint density at radius 2 is 1.87 bits per heavy atom. The molecule has 2 atom stereocenters. The second-order valence-corrected chi connectivity index (χ2v) is 5.21. The predicted octanol–water partition coefficient (Wildman–Crippen LogP) is 2.72. The molecule has 0 unspecified atom stereocenters. The molecule has 1 fully saturated rings. The summed E-state index contributed by atoms with van der Waals surface area (Å²) in [5.41, 5.74) is 1.47. The third kappa shape index (κ3) is 2.39. The SMILES string of the molecule is CC(C)(C)[C@H]1CO[C@@H](c2ccccc2)N1. The van der Waals surface area contributed by atoms with E-state index in [9.17, 15) is 0 Å². The maximum Gasteiger partial charge on any atom is 0.134 e. The Hall–Kier alpha value is -0.860. The third-order valence-corrected chi connectivity index (χ3v) is 2.93. The molecule has 1 heterocycles. The maximum atomic E-state index is 5.77. The van der Waals surface area contributed by atoms with Crippen LogP contribution >= 0.6 is 0 Å². The highest BCUT2D eigenvalue weighted by atomic mass is 16.5. The quantitative estimate of drug-likeness (QED) is 0.761. The van der Waals surface area contributed by atoms with E-state index in [0.29, 0.717) is 6.04 Å². The van der Waals surface area contributed by atoms with E-state index >= 15 is 0 Å². The van der Waals surface area contributed by atoms with E-state index in [1.54, 1.807) is 0 Å². The summed E-state index contributed by atoms with van der Waals surface area (Å²) < 4.78 is 5.77. The van der Waals surface area contributed by atoms with Gasteiger partial charge in [-0.15, -0.1) is 0 Å². The molecule has 1 aromatic rings. The number of nitrogens with one attached hydrogen (secondary N) is 1. The highest BCUT2D eigenvalue weighted by Crippen LogP contribution is 2.29. The van der Waals surface area contributed by atoms with Crippen LogP contribution in [0.25, 0.3) is 0 Å². The van der Waals surface area contributed by atoms with E-state index in [2.05, 4.69) is 38.2 Å². The summed E-state index contributed by atoms with van der Waals surface area (Å²) in [6.07, 6.45) is 0.0652. The van der Waals surface area contributed by atoms with Crippen molar-refractivity contribution in [2.24, 2.45) is 5.41 Å². The van der Waals surface area contributed by atoms with E-state index in [-0.39, 0.29) is 11.6 Å². The Balaban J connectivity index is 2.05. The summed E-state index contributed by atoms with van der Waals surface area (Å²) in [6, 6.07) is 10.8. The monoisotopic (exact) mass is 205 g/mol. The first-order valence-electron chi connectivity index (χ1n) is 5.50. The van der Waals surface area contributed by atoms with Gasteiger partial charge in [-0.25, -0.2) is 0 Å². The lowest BCUT2D eigenvalue weighted by molar-refractivity contribution is 0.0983. The summed E-state index contributed by atoms with van der Waals surface area (Å²) in [6.45, 7) is 7.51. The summed E-state index contributed by atoms with van der Waals surface area (Å²) in [5.74, 6) is 0. The predicted molar refractivity (Wildman–Crippen MR) is 61.5 cm³/mol. The molecule has 0 bridgehead atoms. The molecule has 0 aromatic heterocycles. The van der Waals surface area contributed by atoms with E-state index in [1.807, 2.05) is 18.2 Å². The van der Waals surface area contributed by atoms with Crippen LogP contribution in [0.5, 0.6) is 0 Å².